The van der Waals surface area contributed by atoms with Crippen LogP contribution < -0.4 is 10.1 Å². The lowest BCUT2D eigenvalue weighted by molar-refractivity contribution is -0.0502. The van der Waals surface area contributed by atoms with Crippen molar-refractivity contribution >= 4 is 5.96 Å². The number of likely N-dealkylation sites (tertiary alicyclic amines) is 1. The van der Waals surface area contributed by atoms with Crippen LogP contribution in [0.3, 0.4) is 0 Å². The van der Waals surface area contributed by atoms with Gasteiger partial charge in [0, 0.05) is 32.7 Å². The van der Waals surface area contributed by atoms with E-state index < -0.39 is 0 Å². The zero-order valence-electron chi connectivity index (χ0n) is 18.3. The minimum atomic E-state index is 0.136. The fourth-order valence-electron chi connectivity index (χ4n) is 4.37. The average molecular weight is 425 g/mol. The number of morpholine rings is 1. The normalized spacial score (nSPS) is 21.7. The van der Waals surface area contributed by atoms with Crippen molar-refractivity contribution in [3.63, 3.8) is 0 Å². The van der Waals surface area contributed by atoms with Crippen molar-refractivity contribution in [2.45, 2.75) is 32.2 Å². The van der Waals surface area contributed by atoms with Crippen molar-refractivity contribution in [3.8, 4) is 11.5 Å². The summed E-state index contributed by atoms with van der Waals surface area (Å²) in [6, 6.07) is 16.4. The third-order valence-electron chi connectivity index (χ3n) is 5.93. The SMILES string of the molecule is CCNC(=NCc1ccc(OC)c(O)c1)N1CC2OCCN(Cc3ccccc3)C2C1. The van der Waals surface area contributed by atoms with Gasteiger partial charge >= 0.3 is 0 Å². The Labute approximate surface area is 184 Å². The van der Waals surface area contributed by atoms with Crippen LogP contribution in [0, 0.1) is 0 Å². The first kappa shape index (κ1) is 21.5. The minimum absolute atomic E-state index is 0.136. The molecule has 0 bridgehead atoms. The topological polar surface area (TPSA) is 69.6 Å². The van der Waals surface area contributed by atoms with Gasteiger partial charge in [0.2, 0.25) is 0 Å². The lowest BCUT2D eigenvalue weighted by Gasteiger charge is -2.36. The summed E-state index contributed by atoms with van der Waals surface area (Å²) in [6.07, 6.45) is 0.186. The number of nitrogens with one attached hydrogen (secondary N) is 1. The Bertz CT molecular complexity index is 890. The van der Waals surface area contributed by atoms with Gasteiger partial charge in [0.15, 0.2) is 17.5 Å². The number of methoxy groups -OCH3 is 1. The summed E-state index contributed by atoms with van der Waals surface area (Å²) in [5.74, 6) is 1.49. The number of phenolic OH excluding ortho intramolecular Hbond substituents is 1. The molecular formula is C24H32N4O3. The standard InChI is InChI=1S/C24H32N4O3/c1-3-25-24(26-14-19-9-10-22(30-2)21(29)13-19)28-16-20-23(17-28)31-12-11-27(20)15-18-7-5-4-6-8-18/h4-10,13,20,23,29H,3,11-12,14-17H2,1-2H3,(H,25,26). The van der Waals surface area contributed by atoms with E-state index in [0.29, 0.717) is 18.3 Å². The van der Waals surface area contributed by atoms with E-state index in [2.05, 4.69) is 52.4 Å². The zero-order valence-corrected chi connectivity index (χ0v) is 18.3. The third kappa shape index (κ3) is 5.11. The van der Waals surface area contributed by atoms with Crippen LogP contribution in [-0.2, 0) is 17.8 Å². The molecule has 0 spiro atoms. The molecule has 4 rings (SSSR count). The summed E-state index contributed by atoms with van der Waals surface area (Å²) in [7, 11) is 1.55. The fraction of sp³-hybridized carbons (Fsp3) is 0.458. The summed E-state index contributed by atoms with van der Waals surface area (Å²) in [5, 5.41) is 13.5. The number of hydrogen-bond donors (Lipinski definition) is 2. The van der Waals surface area contributed by atoms with Crippen LogP contribution in [0.1, 0.15) is 18.1 Å². The molecule has 2 N–H and O–H groups in total. The van der Waals surface area contributed by atoms with Gasteiger partial charge in [0.05, 0.1) is 32.4 Å². The number of benzene rings is 2. The van der Waals surface area contributed by atoms with Gasteiger partial charge in [-0.05, 0) is 30.2 Å². The van der Waals surface area contributed by atoms with Crippen LogP contribution in [0.5, 0.6) is 11.5 Å². The van der Waals surface area contributed by atoms with Crippen molar-refractivity contribution in [1.82, 2.24) is 15.1 Å². The van der Waals surface area contributed by atoms with Crippen molar-refractivity contribution in [3.05, 3.63) is 59.7 Å². The van der Waals surface area contributed by atoms with E-state index in [4.69, 9.17) is 14.5 Å². The second-order valence-corrected chi connectivity index (χ2v) is 8.01. The molecule has 0 radical (unpaired) electrons. The van der Waals surface area contributed by atoms with Crippen molar-refractivity contribution in [2.75, 3.05) is 39.9 Å². The molecule has 2 saturated heterocycles. The monoisotopic (exact) mass is 424 g/mol. The Kier molecular flexibility index (Phi) is 6.94. The summed E-state index contributed by atoms with van der Waals surface area (Å²) in [4.78, 5) is 9.67. The summed E-state index contributed by atoms with van der Waals surface area (Å²) >= 11 is 0. The number of fused-ring (bicyclic) bond motifs is 1. The Morgan fingerprint density at radius 2 is 2.03 bits per heavy atom. The fourth-order valence-corrected chi connectivity index (χ4v) is 4.37. The third-order valence-corrected chi connectivity index (χ3v) is 5.93. The van der Waals surface area contributed by atoms with E-state index >= 15 is 0 Å². The number of guanidine groups is 1. The lowest BCUT2D eigenvalue weighted by atomic mass is 10.1. The molecule has 2 atom stereocenters. The predicted molar refractivity (Wildman–Crippen MR) is 121 cm³/mol. The molecule has 0 amide bonds. The molecule has 2 aromatic rings. The maximum atomic E-state index is 10.0. The van der Waals surface area contributed by atoms with Crippen molar-refractivity contribution in [1.29, 1.82) is 0 Å². The molecule has 2 heterocycles. The summed E-state index contributed by atoms with van der Waals surface area (Å²) in [5.41, 5.74) is 2.27. The molecule has 0 aliphatic carbocycles. The largest absolute Gasteiger partial charge is 0.504 e. The molecular weight excluding hydrogens is 392 g/mol. The predicted octanol–water partition coefficient (Wildman–Crippen LogP) is 2.45. The number of nitrogens with zero attached hydrogens (tertiary/aromatic N) is 3. The smallest absolute Gasteiger partial charge is 0.194 e. The molecule has 7 nitrogen and oxygen atoms in total. The average Bonchev–Trinajstić information content (AvgIpc) is 3.23. The van der Waals surface area contributed by atoms with Gasteiger partial charge in [-0.2, -0.15) is 0 Å². The highest BCUT2D eigenvalue weighted by atomic mass is 16.5. The van der Waals surface area contributed by atoms with Gasteiger partial charge in [-0.15, -0.1) is 0 Å². The Hall–Kier alpha value is -2.77. The van der Waals surface area contributed by atoms with Gasteiger partial charge in [0.1, 0.15) is 0 Å². The summed E-state index contributed by atoms with van der Waals surface area (Å²) in [6.45, 7) is 7.73. The Morgan fingerprint density at radius 3 is 2.77 bits per heavy atom. The first-order valence-corrected chi connectivity index (χ1v) is 11.0. The van der Waals surface area contributed by atoms with E-state index in [1.807, 2.05) is 6.07 Å². The molecule has 2 unspecified atom stereocenters. The highest BCUT2D eigenvalue weighted by Crippen LogP contribution is 2.27. The number of aliphatic imine (C=N–C) groups is 1. The molecule has 2 fully saturated rings. The summed E-state index contributed by atoms with van der Waals surface area (Å²) < 4.78 is 11.2. The van der Waals surface area contributed by atoms with E-state index in [1.54, 1.807) is 19.2 Å². The van der Waals surface area contributed by atoms with Crippen LogP contribution in [0.15, 0.2) is 53.5 Å². The van der Waals surface area contributed by atoms with Crippen LogP contribution in [0.4, 0.5) is 0 Å². The van der Waals surface area contributed by atoms with Gasteiger partial charge < -0.3 is 24.8 Å². The number of hydrogen-bond acceptors (Lipinski definition) is 5. The molecule has 2 aromatic carbocycles. The van der Waals surface area contributed by atoms with Crippen LogP contribution >= 0.6 is 0 Å². The van der Waals surface area contributed by atoms with Crippen molar-refractivity contribution < 1.29 is 14.6 Å². The van der Waals surface area contributed by atoms with Crippen LogP contribution in [-0.4, -0.2) is 72.9 Å². The van der Waals surface area contributed by atoms with Gasteiger partial charge in [-0.1, -0.05) is 36.4 Å². The molecule has 2 aliphatic heterocycles. The maximum Gasteiger partial charge on any atom is 0.194 e. The molecule has 0 aromatic heterocycles. The van der Waals surface area contributed by atoms with Gasteiger partial charge in [0.25, 0.3) is 0 Å². The highest BCUT2D eigenvalue weighted by Gasteiger charge is 2.41. The molecule has 166 valence electrons. The van der Waals surface area contributed by atoms with E-state index in [9.17, 15) is 5.11 Å². The molecule has 31 heavy (non-hydrogen) atoms. The van der Waals surface area contributed by atoms with Crippen molar-refractivity contribution in [2.24, 2.45) is 4.99 Å². The van der Waals surface area contributed by atoms with E-state index in [0.717, 1.165) is 50.9 Å². The molecule has 0 saturated carbocycles. The maximum absolute atomic E-state index is 10.0. The number of phenols is 1. The highest BCUT2D eigenvalue weighted by molar-refractivity contribution is 5.80. The van der Waals surface area contributed by atoms with Crippen LogP contribution in [0.2, 0.25) is 0 Å². The lowest BCUT2D eigenvalue weighted by Crippen LogP contribution is -2.50. The second kappa shape index (κ2) is 10.0. The van der Waals surface area contributed by atoms with Gasteiger partial charge in [-0.25, -0.2) is 4.99 Å². The van der Waals surface area contributed by atoms with Crippen LogP contribution in [0.25, 0.3) is 0 Å². The quantitative estimate of drug-likeness (QED) is 0.548. The first-order valence-electron chi connectivity index (χ1n) is 11.0. The molecule has 2 aliphatic rings. The zero-order chi connectivity index (χ0) is 21.6. The van der Waals surface area contributed by atoms with Gasteiger partial charge in [-0.3, -0.25) is 4.90 Å². The Morgan fingerprint density at radius 1 is 1.19 bits per heavy atom. The Balaban J connectivity index is 1.45. The minimum Gasteiger partial charge on any atom is -0.504 e. The number of rotatable bonds is 6. The number of aromatic hydroxyl groups is 1. The number of ether oxygens (including phenoxy) is 2. The van der Waals surface area contributed by atoms with E-state index in [1.165, 1.54) is 5.56 Å². The van der Waals surface area contributed by atoms with E-state index in [-0.39, 0.29) is 11.9 Å². The first-order chi connectivity index (χ1) is 15.2. The molecule has 7 heteroatoms. The second-order valence-electron chi connectivity index (χ2n) is 8.01.